The Morgan fingerprint density at radius 2 is 1.87 bits per heavy atom. The second-order valence-corrected chi connectivity index (χ2v) is 7.84. The molecule has 0 fully saturated rings. The summed E-state index contributed by atoms with van der Waals surface area (Å²) >= 11 is 5.36. The van der Waals surface area contributed by atoms with Crippen molar-refractivity contribution >= 4 is 29.5 Å². The second-order valence-electron chi connectivity index (χ2n) is 7.46. The fraction of sp³-hybridized carbons (Fsp3) is 0.348. The molecule has 0 saturated carbocycles. The monoisotopic (exact) mass is 439 g/mol. The van der Waals surface area contributed by atoms with Gasteiger partial charge in [0.25, 0.3) is 0 Å². The lowest BCUT2D eigenvalue weighted by atomic mass is 10.2. The summed E-state index contributed by atoms with van der Waals surface area (Å²) in [6.07, 6.45) is 0.284. The van der Waals surface area contributed by atoms with Crippen LogP contribution < -0.4 is 15.0 Å². The highest BCUT2D eigenvalue weighted by Crippen LogP contribution is 2.22. The van der Waals surface area contributed by atoms with E-state index in [0.717, 1.165) is 29.2 Å². The average molecular weight is 440 g/mol. The van der Waals surface area contributed by atoms with E-state index in [-0.39, 0.29) is 12.3 Å². The summed E-state index contributed by atoms with van der Waals surface area (Å²) in [7, 11) is 1.63. The Bertz CT molecular complexity index is 1050. The van der Waals surface area contributed by atoms with Crippen LogP contribution >= 0.6 is 12.2 Å². The zero-order valence-corrected chi connectivity index (χ0v) is 19.2. The van der Waals surface area contributed by atoms with Crippen molar-refractivity contribution < 1.29 is 9.53 Å². The van der Waals surface area contributed by atoms with Crippen molar-refractivity contribution in [1.82, 2.24) is 14.8 Å². The van der Waals surface area contributed by atoms with E-state index in [0.29, 0.717) is 23.2 Å². The van der Waals surface area contributed by atoms with Crippen molar-refractivity contribution in [2.45, 2.75) is 39.8 Å². The molecule has 2 N–H and O–H groups in total. The molecule has 31 heavy (non-hydrogen) atoms. The maximum atomic E-state index is 12.5. The molecule has 0 aliphatic carbocycles. The number of carbonyl (C=O) groups excluding carboxylic acids is 1. The van der Waals surface area contributed by atoms with E-state index in [1.54, 1.807) is 7.11 Å². The third-order valence-electron chi connectivity index (χ3n) is 5.12. The Kier molecular flexibility index (Phi) is 7.46. The molecule has 1 heterocycles. The second kappa shape index (κ2) is 10.3. The highest BCUT2D eigenvalue weighted by atomic mass is 32.1. The Hall–Kier alpha value is -3.13. The molecule has 0 radical (unpaired) electrons. The number of hydrogen-bond donors (Lipinski definition) is 2. The van der Waals surface area contributed by atoms with E-state index >= 15 is 0 Å². The van der Waals surface area contributed by atoms with Crippen LogP contribution in [0.25, 0.3) is 11.4 Å². The van der Waals surface area contributed by atoms with Crippen LogP contribution in [0.15, 0.2) is 48.5 Å². The smallest absolute Gasteiger partial charge is 0.226 e. The van der Waals surface area contributed by atoms with E-state index in [1.807, 2.05) is 53.1 Å². The van der Waals surface area contributed by atoms with E-state index in [2.05, 4.69) is 41.2 Å². The summed E-state index contributed by atoms with van der Waals surface area (Å²) in [6, 6.07) is 15.9. The number of nitrogens with one attached hydrogen (secondary N) is 2. The van der Waals surface area contributed by atoms with Crippen molar-refractivity contribution in [1.29, 1.82) is 0 Å². The number of hydrogen-bond acceptors (Lipinski definition) is 5. The third kappa shape index (κ3) is 5.52. The van der Waals surface area contributed by atoms with Crippen LogP contribution in [-0.4, -0.2) is 40.4 Å². The highest BCUT2D eigenvalue weighted by Gasteiger charge is 2.12. The minimum Gasteiger partial charge on any atom is -0.497 e. The van der Waals surface area contributed by atoms with Gasteiger partial charge in [-0.3, -0.25) is 14.5 Å². The molecule has 3 aromatic rings. The largest absolute Gasteiger partial charge is 0.497 e. The first-order valence-electron chi connectivity index (χ1n) is 10.4. The van der Waals surface area contributed by atoms with Gasteiger partial charge in [-0.05, 0) is 81.5 Å². The SMILES string of the molecule is CCN(c1ccc(NC(=O)CCn2c(-c3ccc(OC)cc3)n[nH]c2=S)cc1)C(C)C. The van der Waals surface area contributed by atoms with Crippen LogP contribution in [0, 0.1) is 4.77 Å². The molecule has 2 aromatic carbocycles. The minimum absolute atomic E-state index is 0.0762. The van der Waals surface area contributed by atoms with Gasteiger partial charge in [0.2, 0.25) is 5.91 Å². The number of carbonyl (C=O) groups is 1. The number of ether oxygens (including phenoxy) is 1. The molecule has 164 valence electrons. The number of aromatic amines is 1. The zero-order valence-electron chi connectivity index (χ0n) is 18.4. The molecule has 1 amide bonds. The summed E-state index contributed by atoms with van der Waals surface area (Å²) in [5, 5.41) is 10.1. The standard InChI is InChI=1S/C23H29N5O2S/c1-5-27(16(2)3)19-10-8-18(9-11-19)24-21(29)14-15-28-22(25-26-23(28)31)17-6-12-20(30-4)13-7-17/h6-13,16H,5,14-15H2,1-4H3,(H,24,29)(H,26,31). The fourth-order valence-electron chi connectivity index (χ4n) is 3.50. The molecule has 0 spiro atoms. The third-order valence-corrected chi connectivity index (χ3v) is 5.43. The lowest BCUT2D eigenvalue weighted by molar-refractivity contribution is -0.116. The Morgan fingerprint density at radius 1 is 1.19 bits per heavy atom. The maximum Gasteiger partial charge on any atom is 0.226 e. The van der Waals surface area contributed by atoms with Crippen LogP contribution in [0.5, 0.6) is 5.75 Å². The molecule has 3 rings (SSSR count). The van der Waals surface area contributed by atoms with Gasteiger partial charge in [-0.15, -0.1) is 0 Å². The normalized spacial score (nSPS) is 10.9. The van der Waals surface area contributed by atoms with Gasteiger partial charge in [0, 0.05) is 42.5 Å². The van der Waals surface area contributed by atoms with Gasteiger partial charge in [-0.2, -0.15) is 5.10 Å². The van der Waals surface area contributed by atoms with E-state index in [4.69, 9.17) is 17.0 Å². The van der Waals surface area contributed by atoms with Gasteiger partial charge in [-0.25, -0.2) is 0 Å². The summed E-state index contributed by atoms with van der Waals surface area (Å²) in [5.41, 5.74) is 2.82. The van der Waals surface area contributed by atoms with Crippen molar-refractivity contribution in [3.05, 3.63) is 53.3 Å². The first-order valence-corrected chi connectivity index (χ1v) is 10.8. The summed E-state index contributed by atoms with van der Waals surface area (Å²) in [5.74, 6) is 1.39. The minimum atomic E-state index is -0.0762. The summed E-state index contributed by atoms with van der Waals surface area (Å²) < 4.78 is 7.52. The number of aromatic nitrogens is 3. The lowest BCUT2D eigenvalue weighted by Gasteiger charge is -2.27. The van der Waals surface area contributed by atoms with Crippen LogP contribution in [0.3, 0.4) is 0 Å². The Labute approximate surface area is 188 Å². The number of anilines is 2. The van der Waals surface area contributed by atoms with E-state index in [9.17, 15) is 4.79 Å². The van der Waals surface area contributed by atoms with Crippen LogP contribution in [0.1, 0.15) is 27.2 Å². The van der Waals surface area contributed by atoms with Crippen molar-refractivity contribution in [3.63, 3.8) is 0 Å². The molecular formula is C23H29N5O2S. The van der Waals surface area contributed by atoms with Crippen molar-refractivity contribution in [3.8, 4) is 17.1 Å². The quantitative estimate of drug-likeness (QED) is 0.465. The van der Waals surface area contributed by atoms with E-state index < -0.39 is 0 Å². The molecule has 1 aromatic heterocycles. The lowest BCUT2D eigenvalue weighted by Crippen LogP contribution is -2.30. The number of benzene rings is 2. The number of H-pyrrole nitrogens is 1. The molecule has 8 heteroatoms. The summed E-state index contributed by atoms with van der Waals surface area (Å²) in [4.78, 5) is 14.8. The van der Waals surface area contributed by atoms with E-state index in [1.165, 1.54) is 0 Å². The number of nitrogens with zero attached hydrogens (tertiary/aromatic N) is 3. The van der Waals surface area contributed by atoms with Gasteiger partial charge in [0.05, 0.1) is 7.11 Å². The molecule has 0 bridgehead atoms. The van der Waals surface area contributed by atoms with Crippen molar-refractivity contribution in [2.24, 2.45) is 0 Å². The average Bonchev–Trinajstić information content (AvgIpc) is 3.14. The van der Waals surface area contributed by atoms with Gasteiger partial charge in [0.15, 0.2) is 10.6 Å². The Morgan fingerprint density at radius 3 is 2.45 bits per heavy atom. The topological polar surface area (TPSA) is 75.2 Å². The van der Waals surface area contributed by atoms with Crippen LogP contribution in [-0.2, 0) is 11.3 Å². The van der Waals surface area contributed by atoms with Gasteiger partial charge in [0.1, 0.15) is 5.75 Å². The molecule has 0 saturated heterocycles. The molecule has 0 aliphatic heterocycles. The van der Waals surface area contributed by atoms with Crippen LogP contribution in [0.2, 0.25) is 0 Å². The number of methoxy groups -OCH3 is 1. The maximum absolute atomic E-state index is 12.5. The molecule has 0 atom stereocenters. The van der Waals surface area contributed by atoms with Gasteiger partial charge >= 0.3 is 0 Å². The highest BCUT2D eigenvalue weighted by molar-refractivity contribution is 7.71. The van der Waals surface area contributed by atoms with Crippen molar-refractivity contribution in [2.75, 3.05) is 23.9 Å². The van der Waals surface area contributed by atoms with Crippen LogP contribution in [0.4, 0.5) is 11.4 Å². The molecule has 0 aliphatic rings. The molecule has 0 unspecified atom stereocenters. The number of rotatable bonds is 9. The molecule has 7 nitrogen and oxygen atoms in total. The predicted molar refractivity (Wildman–Crippen MR) is 127 cm³/mol. The fourth-order valence-corrected chi connectivity index (χ4v) is 3.73. The molecular weight excluding hydrogens is 410 g/mol. The first kappa shape index (κ1) is 22.6. The van der Waals surface area contributed by atoms with Gasteiger partial charge in [-0.1, -0.05) is 0 Å². The summed E-state index contributed by atoms with van der Waals surface area (Å²) in [6.45, 7) is 7.83. The van der Waals surface area contributed by atoms with Gasteiger partial charge < -0.3 is 15.0 Å². The predicted octanol–water partition coefficient (Wildman–Crippen LogP) is 4.88. The Balaban J connectivity index is 1.64. The zero-order chi connectivity index (χ0) is 22.4. The number of amides is 1. The first-order chi connectivity index (χ1) is 14.9.